The second-order valence-corrected chi connectivity index (χ2v) is 22.9. The molecular formula is C68H119NO13. The van der Waals surface area contributed by atoms with Crippen molar-refractivity contribution in [3.05, 3.63) is 85.1 Å². The molecule has 2 rings (SSSR count). The van der Waals surface area contributed by atoms with Gasteiger partial charge in [-0.3, -0.25) is 4.79 Å². The Labute approximate surface area is 497 Å². The summed E-state index contributed by atoms with van der Waals surface area (Å²) < 4.78 is 22.9. The van der Waals surface area contributed by atoms with Gasteiger partial charge in [-0.15, -0.1) is 0 Å². The third-order valence-corrected chi connectivity index (χ3v) is 15.6. The number of nitrogens with one attached hydrogen (secondary N) is 1. The van der Waals surface area contributed by atoms with Gasteiger partial charge in [0.15, 0.2) is 12.6 Å². The fraction of sp³-hybridized carbons (Fsp3) is 0.779. The van der Waals surface area contributed by atoms with Crippen molar-refractivity contribution in [2.24, 2.45) is 0 Å². The number of aliphatic hydroxyl groups is 8. The first-order chi connectivity index (χ1) is 40.1. The lowest BCUT2D eigenvalue weighted by Crippen LogP contribution is -2.65. The van der Waals surface area contributed by atoms with Gasteiger partial charge in [0.1, 0.15) is 48.8 Å². The van der Waals surface area contributed by atoms with E-state index in [0.717, 1.165) is 70.6 Å². The summed E-state index contributed by atoms with van der Waals surface area (Å²) in [6.07, 6.45) is 54.5. The molecule has 0 aromatic heterocycles. The fourth-order valence-electron chi connectivity index (χ4n) is 10.4. The van der Waals surface area contributed by atoms with Crippen LogP contribution in [0.1, 0.15) is 245 Å². The minimum atomic E-state index is -1.79. The molecule has 9 N–H and O–H groups in total. The quantitative estimate of drug-likeness (QED) is 0.0204. The molecule has 12 unspecified atom stereocenters. The maximum Gasteiger partial charge on any atom is 0.220 e. The Morgan fingerprint density at radius 3 is 1.24 bits per heavy atom. The van der Waals surface area contributed by atoms with Crippen molar-refractivity contribution in [3.8, 4) is 0 Å². The highest BCUT2D eigenvalue weighted by atomic mass is 16.7. The van der Waals surface area contributed by atoms with E-state index in [0.29, 0.717) is 19.3 Å². The first-order valence-electron chi connectivity index (χ1n) is 32.8. The van der Waals surface area contributed by atoms with Crippen LogP contribution in [-0.2, 0) is 23.7 Å². The van der Waals surface area contributed by atoms with Crippen molar-refractivity contribution < 1.29 is 64.6 Å². The average Bonchev–Trinajstić information content (AvgIpc) is 3.53. The van der Waals surface area contributed by atoms with Gasteiger partial charge >= 0.3 is 0 Å². The molecule has 0 aliphatic carbocycles. The summed E-state index contributed by atoms with van der Waals surface area (Å²) in [5, 5.41) is 87.4. The zero-order valence-corrected chi connectivity index (χ0v) is 51.2. The minimum Gasteiger partial charge on any atom is -0.394 e. The second kappa shape index (κ2) is 52.5. The van der Waals surface area contributed by atoms with Gasteiger partial charge in [-0.1, -0.05) is 259 Å². The molecule has 0 bridgehead atoms. The van der Waals surface area contributed by atoms with Gasteiger partial charge in [-0.05, 0) is 64.2 Å². The Balaban J connectivity index is 1.74. The Hall–Kier alpha value is -2.83. The van der Waals surface area contributed by atoms with Crippen molar-refractivity contribution in [2.45, 2.75) is 319 Å². The summed E-state index contributed by atoms with van der Waals surface area (Å²) in [5.41, 5.74) is 0. The van der Waals surface area contributed by atoms with Crippen LogP contribution in [0.2, 0.25) is 0 Å². The van der Waals surface area contributed by atoms with Crippen LogP contribution < -0.4 is 5.32 Å². The number of aliphatic hydroxyl groups excluding tert-OH is 8. The summed E-state index contributed by atoms with van der Waals surface area (Å²) in [4.78, 5) is 13.3. The van der Waals surface area contributed by atoms with Crippen LogP contribution in [0.15, 0.2) is 85.1 Å². The predicted molar refractivity (Wildman–Crippen MR) is 332 cm³/mol. The molecule has 14 heteroatoms. The molecule has 12 atom stereocenters. The number of hydrogen-bond acceptors (Lipinski definition) is 13. The molecule has 2 aliphatic heterocycles. The number of hydrogen-bond donors (Lipinski definition) is 9. The van der Waals surface area contributed by atoms with Gasteiger partial charge in [0.05, 0.1) is 32.0 Å². The molecule has 0 radical (unpaired) electrons. The predicted octanol–water partition coefficient (Wildman–Crippen LogP) is 12.4. The Morgan fingerprint density at radius 2 is 0.829 bits per heavy atom. The van der Waals surface area contributed by atoms with Crippen molar-refractivity contribution in [1.29, 1.82) is 0 Å². The topological polar surface area (TPSA) is 228 Å². The van der Waals surface area contributed by atoms with Gasteiger partial charge in [0, 0.05) is 6.42 Å². The molecular weight excluding hydrogens is 1040 g/mol. The molecule has 2 heterocycles. The largest absolute Gasteiger partial charge is 0.394 e. The Morgan fingerprint density at radius 1 is 0.451 bits per heavy atom. The Kier molecular flexibility index (Phi) is 48.2. The maximum atomic E-state index is 13.3. The molecule has 2 aliphatic rings. The van der Waals surface area contributed by atoms with Gasteiger partial charge in [0.25, 0.3) is 0 Å². The molecule has 1 amide bonds. The second-order valence-electron chi connectivity index (χ2n) is 22.9. The monoisotopic (exact) mass is 1160 g/mol. The van der Waals surface area contributed by atoms with Crippen molar-refractivity contribution in [2.75, 3.05) is 19.8 Å². The smallest absolute Gasteiger partial charge is 0.220 e. The summed E-state index contributed by atoms with van der Waals surface area (Å²) in [6, 6.07) is -0.867. The van der Waals surface area contributed by atoms with E-state index in [-0.39, 0.29) is 18.9 Å². The molecule has 2 fully saturated rings. The van der Waals surface area contributed by atoms with Crippen LogP contribution in [0.25, 0.3) is 0 Å². The number of rotatable bonds is 52. The van der Waals surface area contributed by atoms with E-state index >= 15 is 0 Å². The minimum absolute atomic E-state index is 0.220. The van der Waals surface area contributed by atoms with E-state index in [2.05, 4.69) is 104 Å². The first kappa shape index (κ1) is 75.3. The summed E-state index contributed by atoms with van der Waals surface area (Å²) in [5.74, 6) is -0.265. The van der Waals surface area contributed by atoms with Crippen LogP contribution in [0.3, 0.4) is 0 Å². The van der Waals surface area contributed by atoms with Crippen LogP contribution in [0, 0.1) is 0 Å². The summed E-state index contributed by atoms with van der Waals surface area (Å²) in [6.45, 7) is 2.73. The van der Waals surface area contributed by atoms with Crippen molar-refractivity contribution in [3.63, 3.8) is 0 Å². The Bertz CT molecular complexity index is 1700. The number of amides is 1. The standard InChI is InChI=1S/C68H119NO13/c1-3-5-7-9-11-13-15-17-19-21-23-25-27-28-30-31-33-35-37-39-41-43-45-47-49-51-57(72)56(55-79-67-65(78)63(76)66(59(54-71)81-67)82-68-64(77)62(75)61(74)58(53-70)80-68)69-60(73)52-50-48-46-44-42-40-38-36-34-32-29-26-24-22-20-18-16-14-12-10-8-6-4-2/h6,8,12,14,18,20,24,26,32,34,38,40,44,46,56-59,61-68,70-72,74-78H,3-5,7,9-11,13,15-17,19,21-23,25,27-31,33,35-37,39,41-43,45,47-55H2,1-2H3,(H,69,73)/b8-6-,14-12-,20-18-,26-24-,34-32-,40-38-,46-44-. The normalized spacial score (nSPS) is 24.5. The maximum absolute atomic E-state index is 13.3. The van der Waals surface area contributed by atoms with E-state index in [4.69, 9.17) is 18.9 Å². The lowest BCUT2D eigenvalue weighted by molar-refractivity contribution is -0.359. The number of ether oxygens (including phenoxy) is 4. The molecule has 474 valence electrons. The number of carbonyl (C=O) groups is 1. The van der Waals surface area contributed by atoms with Gasteiger partial charge in [0.2, 0.25) is 5.91 Å². The molecule has 0 saturated carbocycles. The zero-order valence-electron chi connectivity index (χ0n) is 51.2. The summed E-state index contributed by atoms with van der Waals surface area (Å²) in [7, 11) is 0. The third kappa shape index (κ3) is 36.9. The van der Waals surface area contributed by atoms with Crippen molar-refractivity contribution >= 4 is 5.91 Å². The molecule has 0 aromatic carbocycles. The fourth-order valence-corrected chi connectivity index (χ4v) is 10.4. The van der Waals surface area contributed by atoms with E-state index < -0.39 is 86.8 Å². The number of carbonyl (C=O) groups excluding carboxylic acids is 1. The highest BCUT2D eigenvalue weighted by molar-refractivity contribution is 5.76. The number of unbranched alkanes of at least 4 members (excludes halogenated alkanes) is 25. The number of allylic oxidation sites excluding steroid dienone is 14. The van der Waals surface area contributed by atoms with Gasteiger partial charge < -0.3 is 65.1 Å². The van der Waals surface area contributed by atoms with E-state index in [1.54, 1.807) is 0 Å². The zero-order chi connectivity index (χ0) is 59.5. The molecule has 14 nitrogen and oxygen atoms in total. The van der Waals surface area contributed by atoms with Crippen LogP contribution in [0.5, 0.6) is 0 Å². The van der Waals surface area contributed by atoms with Gasteiger partial charge in [-0.2, -0.15) is 0 Å². The molecule has 2 saturated heterocycles. The van der Waals surface area contributed by atoms with Gasteiger partial charge in [-0.25, -0.2) is 0 Å². The molecule has 82 heavy (non-hydrogen) atoms. The highest BCUT2D eigenvalue weighted by Gasteiger charge is 2.51. The van der Waals surface area contributed by atoms with E-state index in [1.165, 1.54) is 135 Å². The van der Waals surface area contributed by atoms with Crippen molar-refractivity contribution in [1.82, 2.24) is 5.32 Å². The third-order valence-electron chi connectivity index (χ3n) is 15.6. The van der Waals surface area contributed by atoms with Crippen LogP contribution in [0.4, 0.5) is 0 Å². The van der Waals surface area contributed by atoms with Crippen LogP contribution in [-0.4, -0.2) is 140 Å². The van der Waals surface area contributed by atoms with E-state index in [9.17, 15) is 45.6 Å². The SMILES string of the molecule is CC/C=C\C/C=C\C/C=C\C/C=C\C/C=C\C/C=C\C/C=C\CCCC(=O)NC(COC1OC(CO)C(OC2OC(CO)C(O)C(O)C2O)C(O)C1O)C(O)CCCCCCCCCCCCCCCCCCCCCCCCCCC. The van der Waals surface area contributed by atoms with Crippen LogP contribution >= 0.6 is 0 Å². The lowest BCUT2D eigenvalue weighted by atomic mass is 9.97. The molecule has 0 spiro atoms. The first-order valence-corrected chi connectivity index (χ1v) is 32.8. The summed E-state index contributed by atoms with van der Waals surface area (Å²) >= 11 is 0. The molecule has 0 aromatic rings. The van der Waals surface area contributed by atoms with E-state index in [1.807, 2.05) is 0 Å². The average molecular weight is 1160 g/mol. The highest BCUT2D eigenvalue weighted by Crippen LogP contribution is 2.30. The lowest BCUT2D eigenvalue weighted by Gasteiger charge is -2.46.